The summed E-state index contributed by atoms with van der Waals surface area (Å²) in [5.41, 5.74) is -1.30. The van der Waals surface area contributed by atoms with Crippen molar-refractivity contribution >= 4 is 17.3 Å². The molecule has 0 radical (unpaired) electrons. The second kappa shape index (κ2) is 5.32. The molecular formula is C16H13ClF3NO2. The summed E-state index contributed by atoms with van der Waals surface area (Å²) >= 11 is 5.99. The normalized spacial score (nSPS) is 20.1. The maximum absolute atomic E-state index is 12.8. The van der Waals surface area contributed by atoms with Crippen molar-refractivity contribution in [3.63, 3.8) is 0 Å². The second-order valence-corrected chi connectivity index (χ2v) is 5.75. The van der Waals surface area contributed by atoms with Crippen LogP contribution in [0.15, 0.2) is 36.4 Å². The SMILES string of the molecule is COc1ccc(Cl)cc1C1(O)CNc2cc(C(F)(F)F)ccc21. The summed E-state index contributed by atoms with van der Waals surface area (Å²) in [4.78, 5) is 0. The Morgan fingerprint density at radius 3 is 2.57 bits per heavy atom. The van der Waals surface area contributed by atoms with Crippen LogP contribution >= 0.6 is 11.6 Å². The molecule has 0 saturated carbocycles. The summed E-state index contributed by atoms with van der Waals surface area (Å²) in [7, 11) is 1.45. The Balaban J connectivity index is 2.13. The lowest BCUT2D eigenvalue weighted by Gasteiger charge is -2.25. The Bertz CT molecular complexity index is 763. The Kier molecular flexibility index (Phi) is 3.69. The fourth-order valence-electron chi connectivity index (χ4n) is 2.79. The molecule has 2 aromatic carbocycles. The molecule has 2 N–H and O–H groups in total. The van der Waals surface area contributed by atoms with E-state index in [1.165, 1.54) is 13.2 Å². The first kappa shape index (κ1) is 16.0. The molecule has 0 amide bonds. The van der Waals surface area contributed by atoms with Gasteiger partial charge >= 0.3 is 6.18 Å². The minimum absolute atomic E-state index is 0.0281. The molecule has 1 aliphatic heterocycles. The zero-order valence-electron chi connectivity index (χ0n) is 12.0. The van der Waals surface area contributed by atoms with E-state index in [0.29, 0.717) is 21.9 Å². The number of halogens is 4. The van der Waals surface area contributed by atoms with Crippen LogP contribution in [0.25, 0.3) is 0 Å². The third-order valence-electron chi connectivity index (χ3n) is 3.93. The van der Waals surface area contributed by atoms with Crippen LogP contribution in [-0.4, -0.2) is 18.8 Å². The van der Waals surface area contributed by atoms with Crippen LogP contribution < -0.4 is 10.1 Å². The molecule has 0 aliphatic carbocycles. The number of methoxy groups -OCH3 is 1. The third-order valence-corrected chi connectivity index (χ3v) is 4.17. The van der Waals surface area contributed by atoms with E-state index in [4.69, 9.17) is 16.3 Å². The van der Waals surface area contributed by atoms with Gasteiger partial charge in [0.05, 0.1) is 19.2 Å². The molecule has 1 heterocycles. The largest absolute Gasteiger partial charge is 0.496 e. The van der Waals surface area contributed by atoms with Gasteiger partial charge in [0, 0.05) is 21.8 Å². The van der Waals surface area contributed by atoms with E-state index in [1.54, 1.807) is 18.2 Å². The molecule has 0 aromatic heterocycles. The predicted molar refractivity (Wildman–Crippen MR) is 80.9 cm³/mol. The van der Waals surface area contributed by atoms with Gasteiger partial charge in [-0.2, -0.15) is 13.2 Å². The van der Waals surface area contributed by atoms with Gasteiger partial charge in [0.2, 0.25) is 0 Å². The Labute approximate surface area is 135 Å². The van der Waals surface area contributed by atoms with Crippen molar-refractivity contribution in [2.45, 2.75) is 11.8 Å². The maximum atomic E-state index is 12.8. The summed E-state index contributed by atoms with van der Waals surface area (Å²) in [6, 6.07) is 7.99. The molecule has 0 saturated heterocycles. The second-order valence-electron chi connectivity index (χ2n) is 5.32. The van der Waals surface area contributed by atoms with E-state index in [1.807, 2.05) is 0 Å². The molecule has 23 heavy (non-hydrogen) atoms. The highest BCUT2D eigenvalue weighted by atomic mass is 35.5. The van der Waals surface area contributed by atoms with Crippen molar-refractivity contribution in [3.8, 4) is 5.75 Å². The smallest absolute Gasteiger partial charge is 0.416 e. The third kappa shape index (κ3) is 2.62. The molecule has 0 bridgehead atoms. The highest BCUT2D eigenvalue weighted by molar-refractivity contribution is 6.30. The summed E-state index contributed by atoms with van der Waals surface area (Å²) in [6.45, 7) is 0.0281. The van der Waals surface area contributed by atoms with Gasteiger partial charge in [-0.05, 0) is 30.3 Å². The van der Waals surface area contributed by atoms with Crippen LogP contribution in [0.2, 0.25) is 5.02 Å². The van der Waals surface area contributed by atoms with Gasteiger partial charge < -0.3 is 15.2 Å². The fourth-order valence-corrected chi connectivity index (χ4v) is 2.96. The first-order valence-corrected chi connectivity index (χ1v) is 7.15. The van der Waals surface area contributed by atoms with E-state index < -0.39 is 17.3 Å². The number of alkyl halides is 3. The van der Waals surface area contributed by atoms with Crippen molar-refractivity contribution in [3.05, 3.63) is 58.1 Å². The quantitative estimate of drug-likeness (QED) is 0.865. The highest BCUT2D eigenvalue weighted by Crippen LogP contribution is 2.45. The lowest BCUT2D eigenvalue weighted by Crippen LogP contribution is -2.30. The Morgan fingerprint density at radius 1 is 1.17 bits per heavy atom. The number of nitrogens with one attached hydrogen (secondary N) is 1. The van der Waals surface area contributed by atoms with E-state index >= 15 is 0 Å². The molecule has 1 unspecified atom stereocenters. The van der Waals surface area contributed by atoms with Gasteiger partial charge in [0.1, 0.15) is 11.4 Å². The molecule has 3 nitrogen and oxygen atoms in total. The van der Waals surface area contributed by atoms with Crippen molar-refractivity contribution in [1.29, 1.82) is 0 Å². The van der Waals surface area contributed by atoms with Gasteiger partial charge in [-0.15, -0.1) is 0 Å². The summed E-state index contributed by atoms with van der Waals surface area (Å²) in [6.07, 6.45) is -4.44. The molecular weight excluding hydrogens is 331 g/mol. The molecule has 122 valence electrons. The van der Waals surface area contributed by atoms with Crippen LogP contribution in [0.1, 0.15) is 16.7 Å². The minimum atomic E-state index is -4.44. The van der Waals surface area contributed by atoms with Crippen LogP contribution in [0.4, 0.5) is 18.9 Å². The minimum Gasteiger partial charge on any atom is -0.496 e. The van der Waals surface area contributed by atoms with Gasteiger partial charge in [-0.3, -0.25) is 0 Å². The van der Waals surface area contributed by atoms with Crippen molar-refractivity contribution in [2.24, 2.45) is 0 Å². The molecule has 1 atom stereocenters. The first-order chi connectivity index (χ1) is 10.8. The number of aliphatic hydroxyl groups is 1. The highest BCUT2D eigenvalue weighted by Gasteiger charge is 2.42. The Hall–Kier alpha value is -1.92. The lowest BCUT2D eigenvalue weighted by molar-refractivity contribution is -0.137. The topological polar surface area (TPSA) is 41.5 Å². The Morgan fingerprint density at radius 2 is 1.91 bits per heavy atom. The average molecular weight is 344 g/mol. The van der Waals surface area contributed by atoms with E-state index in [9.17, 15) is 18.3 Å². The molecule has 3 rings (SSSR count). The molecule has 0 fully saturated rings. The van der Waals surface area contributed by atoms with E-state index in [-0.39, 0.29) is 12.2 Å². The summed E-state index contributed by atoms with van der Waals surface area (Å²) in [5.74, 6) is 0.409. The molecule has 2 aromatic rings. The first-order valence-electron chi connectivity index (χ1n) is 6.78. The number of anilines is 1. The number of fused-ring (bicyclic) bond motifs is 1. The van der Waals surface area contributed by atoms with Crippen molar-refractivity contribution in [1.82, 2.24) is 0 Å². The lowest BCUT2D eigenvalue weighted by atomic mass is 9.87. The summed E-state index contributed by atoms with van der Waals surface area (Å²) < 4.78 is 43.7. The predicted octanol–water partition coefficient (Wildman–Crippen LogP) is 4.03. The van der Waals surface area contributed by atoms with E-state index in [2.05, 4.69) is 5.32 Å². The zero-order valence-corrected chi connectivity index (χ0v) is 12.8. The number of benzene rings is 2. The molecule has 0 spiro atoms. The monoisotopic (exact) mass is 343 g/mol. The van der Waals surface area contributed by atoms with Crippen molar-refractivity contribution < 1.29 is 23.0 Å². The number of β-amino-alcohol motifs (C(OH)–C–C–N with tert-alkyl or cyclic N) is 1. The average Bonchev–Trinajstić information content (AvgIpc) is 2.84. The maximum Gasteiger partial charge on any atom is 0.416 e. The van der Waals surface area contributed by atoms with Crippen LogP contribution in [0.3, 0.4) is 0 Å². The van der Waals surface area contributed by atoms with Gasteiger partial charge in [-0.25, -0.2) is 0 Å². The van der Waals surface area contributed by atoms with Crippen LogP contribution in [-0.2, 0) is 11.8 Å². The van der Waals surface area contributed by atoms with Gasteiger partial charge in [0.25, 0.3) is 0 Å². The van der Waals surface area contributed by atoms with Gasteiger partial charge in [0.15, 0.2) is 0 Å². The number of hydrogen-bond acceptors (Lipinski definition) is 3. The van der Waals surface area contributed by atoms with E-state index in [0.717, 1.165) is 12.1 Å². The standard InChI is InChI=1S/C16H13ClF3NO2/c1-23-14-5-3-10(17)7-12(14)15(22)8-21-13-6-9(16(18,19)20)2-4-11(13)15/h2-7,21-22H,8H2,1H3. The number of ether oxygens (including phenoxy) is 1. The molecule has 7 heteroatoms. The van der Waals surface area contributed by atoms with Crippen LogP contribution in [0, 0.1) is 0 Å². The molecule has 1 aliphatic rings. The van der Waals surface area contributed by atoms with Gasteiger partial charge in [-0.1, -0.05) is 17.7 Å². The van der Waals surface area contributed by atoms with Crippen LogP contribution in [0.5, 0.6) is 5.75 Å². The summed E-state index contributed by atoms with van der Waals surface area (Å²) in [5, 5.41) is 14.3. The zero-order chi connectivity index (χ0) is 16.8. The van der Waals surface area contributed by atoms with Crippen molar-refractivity contribution in [2.75, 3.05) is 19.0 Å². The number of rotatable bonds is 2. The number of hydrogen-bond donors (Lipinski definition) is 2. The fraction of sp³-hybridized carbons (Fsp3) is 0.250.